The van der Waals surface area contributed by atoms with Crippen LogP contribution in [0.4, 0.5) is 0 Å². The fraction of sp³-hybridized carbons (Fsp3) is 0.571. The van der Waals surface area contributed by atoms with Crippen LogP contribution >= 0.6 is 0 Å². The molecule has 1 saturated carbocycles. The molecular weight excluding hydrogens is 232 g/mol. The summed E-state index contributed by atoms with van der Waals surface area (Å²) in [5.41, 5.74) is 0.890. The summed E-state index contributed by atoms with van der Waals surface area (Å²) >= 11 is 0. The molecule has 1 spiro atoms. The lowest BCUT2D eigenvalue weighted by Crippen LogP contribution is -2.41. The molecule has 18 heavy (non-hydrogen) atoms. The minimum absolute atomic E-state index is 0.597. The van der Waals surface area contributed by atoms with Crippen LogP contribution in [0.15, 0.2) is 30.3 Å². The Balaban J connectivity index is 1.63. The molecule has 1 aliphatic carbocycles. The molecule has 1 aromatic rings. The Kier molecular flexibility index (Phi) is 3.61. The van der Waals surface area contributed by atoms with Gasteiger partial charge in [0, 0.05) is 18.4 Å². The highest BCUT2D eigenvalue weighted by atomic mass is 17.4. The van der Waals surface area contributed by atoms with Crippen molar-refractivity contribution in [3.63, 3.8) is 0 Å². The number of rotatable bonds is 1. The molecular formula is C14H18O4. The van der Waals surface area contributed by atoms with Crippen molar-refractivity contribution in [3.8, 4) is 0 Å². The second kappa shape index (κ2) is 5.36. The fourth-order valence-electron chi connectivity index (χ4n) is 2.45. The van der Waals surface area contributed by atoms with Crippen molar-refractivity contribution in [3.05, 3.63) is 35.9 Å². The maximum Gasteiger partial charge on any atom is 0.249 e. The van der Waals surface area contributed by atoms with E-state index in [0.29, 0.717) is 0 Å². The summed E-state index contributed by atoms with van der Waals surface area (Å²) in [6, 6.07) is 9.64. The van der Waals surface area contributed by atoms with Crippen LogP contribution in [0.1, 0.15) is 50.4 Å². The van der Waals surface area contributed by atoms with Gasteiger partial charge in [0.1, 0.15) is 0 Å². The van der Waals surface area contributed by atoms with E-state index in [1.807, 2.05) is 30.3 Å². The van der Waals surface area contributed by atoms with Crippen molar-refractivity contribution in [2.24, 2.45) is 0 Å². The van der Waals surface area contributed by atoms with Gasteiger partial charge in [-0.25, -0.2) is 0 Å². The zero-order valence-corrected chi connectivity index (χ0v) is 10.3. The summed E-state index contributed by atoms with van der Waals surface area (Å²) in [7, 11) is 0. The SMILES string of the molecule is c1ccc(C2OOC3(CCCCCC3)OO2)cc1. The summed E-state index contributed by atoms with van der Waals surface area (Å²) in [6.07, 6.45) is 5.67. The molecule has 3 rings (SSSR count). The van der Waals surface area contributed by atoms with E-state index in [0.717, 1.165) is 31.2 Å². The van der Waals surface area contributed by atoms with Gasteiger partial charge < -0.3 is 0 Å². The Morgan fingerprint density at radius 2 is 1.44 bits per heavy atom. The predicted octanol–water partition coefficient (Wildman–Crippen LogP) is 3.65. The van der Waals surface area contributed by atoms with Crippen molar-refractivity contribution in [2.75, 3.05) is 0 Å². The molecule has 4 heteroatoms. The molecule has 0 aromatic heterocycles. The second-order valence-corrected chi connectivity index (χ2v) is 4.93. The molecule has 0 amide bonds. The molecule has 0 unspecified atom stereocenters. The molecule has 2 aliphatic rings. The van der Waals surface area contributed by atoms with Gasteiger partial charge in [0.25, 0.3) is 0 Å². The standard InChI is InChI=1S/C14H18O4/c1-2-7-11-14(10-6-1)17-15-13(16-18-14)12-8-4-3-5-9-12/h3-5,8-9,13H,1-2,6-7,10-11H2. The van der Waals surface area contributed by atoms with E-state index in [4.69, 9.17) is 19.6 Å². The Morgan fingerprint density at radius 3 is 2.06 bits per heavy atom. The first-order valence-electron chi connectivity index (χ1n) is 6.62. The number of hydrogen-bond donors (Lipinski definition) is 0. The second-order valence-electron chi connectivity index (χ2n) is 4.93. The smallest absolute Gasteiger partial charge is 0.195 e. The zero-order chi connectivity index (χ0) is 12.3. The monoisotopic (exact) mass is 250 g/mol. The van der Waals surface area contributed by atoms with Crippen LogP contribution < -0.4 is 0 Å². The molecule has 98 valence electrons. The highest BCUT2D eigenvalue weighted by Gasteiger charge is 2.41. The molecule has 1 saturated heterocycles. The summed E-state index contributed by atoms with van der Waals surface area (Å²) in [5.74, 6) is -0.693. The fourth-order valence-corrected chi connectivity index (χ4v) is 2.45. The van der Waals surface area contributed by atoms with Crippen molar-refractivity contribution >= 4 is 0 Å². The first-order valence-corrected chi connectivity index (χ1v) is 6.62. The zero-order valence-electron chi connectivity index (χ0n) is 10.3. The van der Waals surface area contributed by atoms with Gasteiger partial charge in [0.2, 0.25) is 12.1 Å². The van der Waals surface area contributed by atoms with Crippen LogP contribution in [0.3, 0.4) is 0 Å². The Morgan fingerprint density at radius 1 is 0.833 bits per heavy atom. The van der Waals surface area contributed by atoms with Crippen LogP contribution in [0.2, 0.25) is 0 Å². The maximum absolute atomic E-state index is 5.51. The molecule has 0 atom stereocenters. The number of benzene rings is 1. The molecule has 1 heterocycles. The minimum atomic E-state index is -0.693. The van der Waals surface area contributed by atoms with Gasteiger partial charge in [-0.2, -0.15) is 19.6 Å². The molecule has 0 radical (unpaired) electrons. The van der Waals surface area contributed by atoms with E-state index in [2.05, 4.69) is 0 Å². The average molecular weight is 250 g/mol. The Hall–Kier alpha value is -0.940. The first-order chi connectivity index (χ1) is 8.88. The Labute approximate surface area is 107 Å². The van der Waals surface area contributed by atoms with Gasteiger partial charge in [-0.05, 0) is 12.8 Å². The van der Waals surface area contributed by atoms with E-state index in [1.165, 1.54) is 12.8 Å². The van der Waals surface area contributed by atoms with E-state index < -0.39 is 12.1 Å². The molecule has 0 N–H and O–H groups in total. The number of hydrogen-bond acceptors (Lipinski definition) is 4. The molecule has 1 aliphatic heterocycles. The summed E-state index contributed by atoms with van der Waals surface area (Å²) in [4.78, 5) is 21.7. The predicted molar refractivity (Wildman–Crippen MR) is 64.0 cm³/mol. The average Bonchev–Trinajstić information content (AvgIpc) is 2.67. The quantitative estimate of drug-likeness (QED) is 0.713. The van der Waals surface area contributed by atoms with Gasteiger partial charge in [0.15, 0.2) is 0 Å². The third-order valence-corrected chi connectivity index (χ3v) is 3.51. The molecule has 4 nitrogen and oxygen atoms in total. The Bertz CT molecular complexity index is 361. The lowest BCUT2D eigenvalue weighted by molar-refractivity contribution is -0.631. The maximum atomic E-state index is 5.51. The largest absolute Gasteiger partial charge is 0.249 e. The molecule has 2 fully saturated rings. The molecule has 0 bridgehead atoms. The summed E-state index contributed by atoms with van der Waals surface area (Å²) in [6.45, 7) is 0. The van der Waals surface area contributed by atoms with Crippen LogP contribution in [0.5, 0.6) is 0 Å². The highest BCUT2D eigenvalue weighted by molar-refractivity contribution is 5.15. The molecule has 1 aromatic carbocycles. The third kappa shape index (κ3) is 2.57. The highest BCUT2D eigenvalue weighted by Crippen LogP contribution is 2.38. The van der Waals surface area contributed by atoms with E-state index in [-0.39, 0.29) is 0 Å². The van der Waals surface area contributed by atoms with E-state index in [1.54, 1.807) is 0 Å². The van der Waals surface area contributed by atoms with Crippen molar-refractivity contribution in [2.45, 2.75) is 50.6 Å². The van der Waals surface area contributed by atoms with Crippen molar-refractivity contribution in [1.29, 1.82) is 0 Å². The summed E-state index contributed by atoms with van der Waals surface area (Å²) in [5, 5.41) is 0. The van der Waals surface area contributed by atoms with Crippen molar-refractivity contribution in [1.82, 2.24) is 0 Å². The normalized spacial score (nSPS) is 24.9. The lowest BCUT2D eigenvalue weighted by Gasteiger charge is -2.36. The topological polar surface area (TPSA) is 36.9 Å². The first kappa shape index (κ1) is 12.1. The van der Waals surface area contributed by atoms with Gasteiger partial charge in [-0.3, -0.25) is 0 Å². The van der Waals surface area contributed by atoms with Gasteiger partial charge >= 0.3 is 0 Å². The van der Waals surface area contributed by atoms with E-state index >= 15 is 0 Å². The van der Waals surface area contributed by atoms with Crippen LogP contribution in [-0.2, 0) is 19.6 Å². The summed E-state index contributed by atoms with van der Waals surface area (Å²) < 4.78 is 0. The van der Waals surface area contributed by atoms with Gasteiger partial charge in [0.05, 0.1) is 0 Å². The van der Waals surface area contributed by atoms with Gasteiger partial charge in [-0.1, -0.05) is 43.2 Å². The van der Waals surface area contributed by atoms with Crippen LogP contribution in [0.25, 0.3) is 0 Å². The third-order valence-electron chi connectivity index (χ3n) is 3.51. The lowest BCUT2D eigenvalue weighted by atomic mass is 10.1. The van der Waals surface area contributed by atoms with Gasteiger partial charge in [-0.15, -0.1) is 0 Å². The van der Waals surface area contributed by atoms with E-state index in [9.17, 15) is 0 Å². The van der Waals surface area contributed by atoms with Crippen LogP contribution in [0, 0.1) is 0 Å². The van der Waals surface area contributed by atoms with Crippen molar-refractivity contribution < 1.29 is 19.6 Å². The van der Waals surface area contributed by atoms with Crippen LogP contribution in [-0.4, -0.2) is 5.79 Å². The minimum Gasteiger partial charge on any atom is -0.195 e.